The molecule has 0 bridgehead atoms. The van der Waals surface area contributed by atoms with E-state index in [4.69, 9.17) is 16.8 Å². The van der Waals surface area contributed by atoms with Gasteiger partial charge in [0.2, 0.25) is 0 Å². The van der Waals surface area contributed by atoms with E-state index in [2.05, 4.69) is 11.9 Å². The molecule has 1 atom stereocenters. The van der Waals surface area contributed by atoms with Gasteiger partial charge in [-0.3, -0.25) is 14.8 Å². The molecule has 0 saturated carbocycles. The minimum atomic E-state index is -0.636. The van der Waals surface area contributed by atoms with Gasteiger partial charge < -0.3 is 10.2 Å². The Morgan fingerprint density at radius 1 is 1.07 bits per heavy atom. The molecule has 2 aromatic carbocycles. The summed E-state index contributed by atoms with van der Waals surface area (Å²) in [5.41, 5.74) is 3.90. The topological polar surface area (TPSA) is 81.7 Å². The van der Waals surface area contributed by atoms with Crippen molar-refractivity contribution in [3.63, 3.8) is 0 Å². The molecule has 140 valence electrons. The molecule has 1 heterocycles. The van der Waals surface area contributed by atoms with E-state index in [0.717, 1.165) is 12.1 Å². The van der Waals surface area contributed by atoms with Gasteiger partial charge in [0.1, 0.15) is 0 Å². The predicted molar refractivity (Wildman–Crippen MR) is 105 cm³/mol. The second kappa shape index (κ2) is 8.24. The fourth-order valence-electron chi connectivity index (χ4n) is 3.04. The number of carbonyl (C=O) groups is 2. The number of hydrogen-bond acceptors (Lipinski definition) is 4. The Labute approximate surface area is 162 Å². The molecule has 1 aliphatic rings. The lowest BCUT2D eigenvalue weighted by Crippen LogP contribution is -2.31. The molecule has 1 fully saturated rings. The summed E-state index contributed by atoms with van der Waals surface area (Å²) >= 11 is 5.87. The van der Waals surface area contributed by atoms with Crippen LogP contribution in [0.5, 0.6) is 0 Å². The van der Waals surface area contributed by atoms with E-state index in [1.807, 2.05) is 17.0 Å². The smallest absolute Gasteiger partial charge is 0.274 e. The van der Waals surface area contributed by atoms with Gasteiger partial charge in [-0.15, -0.1) is 0 Å². The highest BCUT2D eigenvalue weighted by Gasteiger charge is 2.26. The largest absolute Gasteiger partial charge is 0.380 e. The first kappa shape index (κ1) is 18.9. The van der Waals surface area contributed by atoms with Crippen molar-refractivity contribution in [1.82, 2.24) is 10.4 Å². The lowest BCUT2D eigenvalue weighted by Gasteiger charge is -2.18. The third-order valence-corrected chi connectivity index (χ3v) is 4.80. The van der Waals surface area contributed by atoms with Crippen LogP contribution in [-0.4, -0.2) is 41.1 Å². The van der Waals surface area contributed by atoms with Crippen LogP contribution < -0.4 is 10.8 Å². The minimum Gasteiger partial charge on any atom is -0.380 e. The highest BCUT2D eigenvalue weighted by atomic mass is 35.5. The van der Waals surface area contributed by atoms with Gasteiger partial charge in [-0.25, -0.2) is 5.48 Å². The summed E-state index contributed by atoms with van der Waals surface area (Å²) in [5.74, 6) is -0.638. The van der Waals surface area contributed by atoms with Crippen LogP contribution in [0.3, 0.4) is 0 Å². The lowest BCUT2D eigenvalue weighted by molar-refractivity contribution is -0.123. The summed E-state index contributed by atoms with van der Waals surface area (Å²) < 4.78 is 0. The quantitative estimate of drug-likeness (QED) is 0.419. The number of carbonyl (C=O) groups excluding carboxylic acids is 2. The van der Waals surface area contributed by atoms with Gasteiger partial charge in [0.15, 0.2) is 0 Å². The lowest BCUT2D eigenvalue weighted by atomic mass is 10.1. The van der Waals surface area contributed by atoms with Crippen LogP contribution in [0, 0.1) is 0 Å². The maximum absolute atomic E-state index is 12.6. The Bertz CT molecular complexity index is 850. The third kappa shape index (κ3) is 4.48. The second-order valence-electron chi connectivity index (χ2n) is 6.38. The minimum absolute atomic E-state index is 0.00219. The van der Waals surface area contributed by atoms with Crippen molar-refractivity contribution in [1.29, 1.82) is 0 Å². The van der Waals surface area contributed by atoms with Gasteiger partial charge >= 0.3 is 0 Å². The molecule has 27 heavy (non-hydrogen) atoms. The average Bonchev–Trinajstić information content (AvgIpc) is 3.16. The number of benzene rings is 2. The number of hydrogen-bond donors (Lipinski definition) is 3. The average molecular weight is 386 g/mol. The van der Waals surface area contributed by atoms with Crippen molar-refractivity contribution in [2.75, 3.05) is 18.4 Å². The highest BCUT2D eigenvalue weighted by Crippen LogP contribution is 2.21. The Kier molecular flexibility index (Phi) is 5.78. The zero-order valence-electron chi connectivity index (χ0n) is 14.6. The molecule has 0 unspecified atom stereocenters. The maximum Gasteiger partial charge on any atom is 0.274 e. The summed E-state index contributed by atoms with van der Waals surface area (Å²) in [7, 11) is 0. The van der Waals surface area contributed by atoms with Crippen LogP contribution in [0.15, 0.2) is 55.1 Å². The number of halogens is 1. The van der Waals surface area contributed by atoms with Crippen LogP contribution in [-0.2, 0) is 4.79 Å². The number of amides is 2. The first-order chi connectivity index (χ1) is 13.0. The molecule has 0 aliphatic carbocycles. The van der Waals surface area contributed by atoms with Gasteiger partial charge in [-0.1, -0.05) is 30.3 Å². The van der Waals surface area contributed by atoms with Crippen molar-refractivity contribution in [2.45, 2.75) is 12.5 Å². The summed E-state index contributed by atoms with van der Waals surface area (Å²) in [5, 5.41) is 12.7. The zero-order chi connectivity index (χ0) is 19.4. The molecular weight excluding hydrogens is 366 g/mol. The second-order valence-corrected chi connectivity index (χ2v) is 6.82. The van der Waals surface area contributed by atoms with Gasteiger partial charge in [0.05, 0.1) is 0 Å². The number of likely N-dealkylation sites (tertiary alicyclic amines) is 1. The van der Waals surface area contributed by atoms with E-state index in [1.165, 1.54) is 0 Å². The van der Waals surface area contributed by atoms with Crippen molar-refractivity contribution < 1.29 is 14.8 Å². The molecule has 0 radical (unpaired) electrons. The number of nitrogens with one attached hydrogen (secondary N) is 2. The molecule has 2 aromatic rings. The number of anilines is 1. The van der Waals surface area contributed by atoms with Crippen molar-refractivity contribution in [2.24, 2.45) is 0 Å². The Morgan fingerprint density at radius 3 is 2.33 bits per heavy atom. The molecule has 3 rings (SSSR count). The predicted octanol–water partition coefficient (Wildman–Crippen LogP) is 3.19. The van der Waals surface area contributed by atoms with Crippen LogP contribution in [0.2, 0.25) is 5.02 Å². The standard InChI is InChI=1S/C20H20ClN3O3/c1-13(19(25)23-27)14-4-8-17(9-5-14)22-18-10-11-24(12-18)20(26)15-2-6-16(21)7-3-15/h2-9,18,22,27H,1,10-12H2,(H,23,25)/t18-/m1/s1. The molecule has 1 saturated heterocycles. The van der Waals surface area contributed by atoms with E-state index in [9.17, 15) is 9.59 Å². The van der Waals surface area contributed by atoms with E-state index >= 15 is 0 Å². The third-order valence-electron chi connectivity index (χ3n) is 4.55. The molecule has 3 N–H and O–H groups in total. The van der Waals surface area contributed by atoms with Gasteiger partial charge in [0.25, 0.3) is 11.8 Å². The maximum atomic E-state index is 12.6. The van der Waals surface area contributed by atoms with E-state index in [-0.39, 0.29) is 17.5 Å². The number of nitrogens with zero attached hydrogens (tertiary/aromatic N) is 1. The zero-order valence-corrected chi connectivity index (χ0v) is 15.4. The number of hydroxylamine groups is 1. The van der Waals surface area contributed by atoms with Gasteiger partial charge in [-0.05, 0) is 48.4 Å². The summed E-state index contributed by atoms with van der Waals surface area (Å²) in [4.78, 5) is 25.8. The Balaban J connectivity index is 1.58. The fourth-order valence-corrected chi connectivity index (χ4v) is 3.17. The van der Waals surface area contributed by atoms with E-state index in [0.29, 0.717) is 29.2 Å². The fraction of sp³-hybridized carbons (Fsp3) is 0.200. The normalized spacial score (nSPS) is 16.1. The van der Waals surface area contributed by atoms with Crippen LogP contribution in [0.1, 0.15) is 22.3 Å². The summed E-state index contributed by atoms with van der Waals surface area (Å²) in [6, 6.07) is 14.2. The van der Waals surface area contributed by atoms with Crippen LogP contribution >= 0.6 is 11.6 Å². The SMILES string of the molecule is C=C(C(=O)NO)c1ccc(N[C@@H]2CCN(C(=O)c3ccc(Cl)cc3)C2)cc1. The number of rotatable bonds is 5. The van der Waals surface area contributed by atoms with E-state index in [1.54, 1.807) is 41.9 Å². The molecule has 1 aliphatic heterocycles. The van der Waals surface area contributed by atoms with Gasteiger partial charge in [0, 0.05) is 41.0 Å². The molecule has 0 spiro atoms. The van der Waals surface area contributed by atoms with Crippen LogP contribution in [0.25, 0.3) is 5.57 Å². The molecule has 0 aromatic heterocycles. The Morgan fingerprint density at radius 2 is 1.70 bits per heavy atom. The summed E-state index contributed by atoms with van der Waals surface area (Å²) in [6.45, 7) is 4.95. The molecule has 6 nitrogen and oxygen atoms in total. The monoisotopic (exact) mass is 385 g/mol. The Hall–Kier alpha value is -2.83. The van der Waals surface area contributed by atoms with Crippen molar-refractivity contribution >= 4 is 34.7 Å². The van der Waals surface area contributed by atoms with Crippen molar-refractivity contribution in [3.8, 4) is 0 Å². The molecular formula is C20H20ClN3O3. The highest BCUT2D eigenvalue weighted by molar-refractivity contribution is 6.30. The first-order valence-electron chi connectivity index (χ1n) is 8.53. The summed E-state index contributed by atoms with van der Waals surface area (Å²) in [6.07, 6.45) is 0.848. The van der Waals surface area contributed by atoms with Crippen molar-refractivity contribution in [3.05, 3.63) is 71.3 Å². The molecule has 7 heteroatoms. The van der Waals surface area contributed by atoms with E-state index < -0.39 is 5.91 Å². The first-order valence-corrected chi connectivity index (χ1v) is 8.91. The molecule has 2 amide bonds. The van der Waals surface area contributed by atoms with Crippen LogP contribution in [0.4, 0.5) is 5.69 Å². The van der Waals surface area contributed by atoms with Gasteiger partial charge in [-0.2, -0.15) is 0 Å².